The highest BCUT2D eigenvalue weighted by Gasteiger charge is 2.59. The molecule has 6 nitrogen and oxygen atoms in total. The molecule has 0 spiro atoms. The first-order valence-corrected chi connectivity index (χ1v) is 10.5. The number of rotatable bonds is 5. The minimum Gasteiger partial charge on any atom is -0.481 e. The van der Waals surface area contributed by atoms with E-state index >= 15 is 0 Å². The van der Waals surface area contributed by atoms with E-state index in [1.807, 2.05) is 44.2 Å². The second-order valence-corrected chi connectivity index (χ2v) is 8.38. The molecule has 2 amide bonds. The van der Waals surface area contributed by atoms with Gasteiger partial charge in [0, 0.05) is 22.6 Å². The molecule has 31 heavy (non-hydrogen) atoms. The summed E-state index contributed by atoms with van der Waals surface area (Å²) < 4.78 is 7.53. The molecule has 2 fully saturated rings. The van der Waals surface area contributed by atoms with Crippen LogP contribution < -0.4 is 4.74 Å². The van der Waals surface area contributed by atoms with Crippen LogP contribution >= 0.6 is 0 Å². The van der Waals surface area contributed by atoms with Crippen molar-refractivity contribution in [2.45, 2.75) is 20.3 Å². The van der Waals surface area contributed by atoms with Crippen LogP contribution in [0.3, 0.4) is 0 Å². The molecule has 0 N–H and O–H groups in total. The molecule has 2 aliphatic carbocycles. The Morgan fingerprint density at radius 2 is 1.77 bits per heavy atom. The van der Waals surface area contributed by atoms with Crippen molar-refractivity contribution < 1.29 is 14.3 Å². The molecule has 2 heterocycles. The maximum Gasteiger partial charge on any atom is 0.254 e. The predicted octanol–water partition coefficient (Wildman–Crippen LogP) is 3.25. The van der Waals surface area contributed by atoms with Crippen LogP contribution in [0.15, 0.2) is 47.6 Å². The van der Waals surface area contributed by atoms with E-state index in [0.29, 0.717) is 5.75 Å². The molecule has 0 radical (unpaired) electrons. The maximum atomic E-state index is 12.8. The van der Waals surface area contributed by atoms with Crippen LogP contribution in [0.4, 0.5) is 0 Å². The number of carbonyl (C=O) groups is 2. The number of aryl methyl sites for hydroxylation is 1. The van der Waals surface area contributed by atoms with Gasteiger partial charge < -0.3 is 9.30 Å². The van der Waals surface area contributed by atoms with Crippen LogP contribution in [-0.2, 0) is 9.59 Å². The molecule has 4 atom stereocenters. The zero-order valence-electron chi connectivity index (χ0n) is 17.5. The monoisotopic (exact) mass is 413 g/mol. The molecule has 1 aromatic heterocycles. The lowest BCUT2D eigenvalue weighted by atomic mass is 9.85. The van der Waals surface area contributed by atoms with Gasteiger partial charge in [0.25, 0.3) is 11.8 Å². The minimum atomic E-state index is -0.234. The highest BCUT2D eigenvalue weighted by molar-refractivity contribution is 6.06. The van der Waals surface area contributed by atoms with E-state index in [-0.39, 0.29) is 42.1 Å². The Hall–Kier alpha value is -3.59. The van der Waals surface area contributed by atoms with E-state index in [0.717, 1.165) is 34.1 Å². The number of carbonyl (C=O) groups excluding carboxylic acids is 2. The Kier molecular flexibility index (Phi) is 4.55. The molecule has 1 saturated carbocycles. The normalized spacial score (nSPS) is 26.2. The third-order valence-corrected chi connectivity index (χ3v) is 6.65. The lowest BCUT2D eigenvalue weighted by molar-refractivity contribution is -0.140. The summed E-state index contributed by atoms with van der Waals surface area (Å²) in [6.45, 7) is 4.23. The number of amides is 2. The molecular formula is C25H23N3O3. The number of nitrogens with zero attached hydrogens (tertiary/aromatic N) is 3. The lowest BCUT2D eigenvalue weighted by Gasteiger charge is -2.13. The van der Waals surface area contributed by atoms with E-state index in [1.54, 1.807) is 6.21 Å². The number of hydrazone groups is 1. The first kappa shape index (κ1) is 19.4. The first-order chi connectivity index (χ1) is 15.0. The Balaban J connectivity index is 1.38. The van der Waals surface area contributed by atoms with Crippen molar-refractivity contribution in [2.75, 3.05) is 6.61 Å². The number of benzene rings is 1. The number of allylic oxidation sites excluding steroid dienone is 2. The summed E-state index contributed by atoms with van der Waals surface area (Å²) in [7, 11) is 0. The first-order valence-electron chi connectivity index (χ1n) is 10.5. The van der Waals surface area contributed by atoms with Crippen molar-refractivity contribution >= 4 is 18.0 Å². The smallest absolute Gasteiger partial charge is 0.254 e. The Morgan fingerprint density at radius 3 is 2.39 bits per heavy atom. The molecular weight excluding hydrogens is 390 g/mol. The van der Waals surface area contributed by atoms with Gasteiger partial charge in [0.15, 0.2) is 0 Å². The van der Waals surface area contributed by atoms with Gasteiger partial charge in [0.05, 0.1) is 18.1 Å². The number of ether oxygens (including phenoxy) is 1. The van der Waals surface area contributed by atoms with Gasteiger partial charge in [-0.05, 0) is 62.4 Å². The van der Waals surface area contributed by atoms with Crippen molar-refractivity contribution in [3.8, 4) is 23.8 Å². The molecule has 2 bridgehead atoms. The van der Waals surface area contributed by atoms with Crippen molar-refractivity contribution in [2.24, 2.45) is 28.8 Å². The maximum absolute atomic E-state index is 12.8. The Labute approximate surface area is 181 Å². The zero-order chi connectivity index (χ0) is 21.7. The third kappa shape index (κ3) is 3.00. The van der Waals surface area contributed by atoms with E-state index in [2.05, 4.69) is 27.7 Å². The summed E-state index contributed by atoms with van der Waals surface area (Å²) in [4.78, 5) is 25.6. The predicted molar refractivity (Wildman–Crippen MR) is 117 cm³/mol. The largest absolute Gasteiger partial charge is 0.481 e. The molecule has 2 aromatic rings. The number of terminal acetylenes is 1. The van der Waals surface area contributed by atoms with Gasteiger partial charge in [-0.15, -0.1) is 6.42 Å². The third-order valence-electron chi connectivity index (χ3n) is 6.65. The minimum absolute atomic E-state index is 0.167. The topological polar surface area (TPSA) is 63.9 Å². The van der Waals surface area contributed by atoms with Crippen LogP contribution in [0.1, 0.15) is 23.4 Å². The fourth-order valence-electron chi connectivity index (χ4n) is 5.25. The Morgan fingerprint density at radius 1 is 1.13 bits per heavy atom. The molecule has 5 rings (SSSR count). The Bertz CT molecular complexity index is 1140. The van der Waals surface area contributed by atoms with Gasteiger partial charge in [0.2, 0.25) is 0 Å². The SMILES string of the molecule is C#CCOc1ccc(-n2c(C)cc(C=NN3C(=O)C4C5C=CC(C5)C4C3=O)c2C)cc1. The average Bonchev–Trinajstić information content (AvgIpc) is 3.50. The van der Waals surface area contributed by atoms with Crippen LogP contribution in [0.5, 0.6) is 5.75 Å². The molecule has 4 unspecified atom stereocenters. The van der Waals surface area contributed by atoms with Crippen molar-refractivity contribution in [1.29, 1.82) is 0 Å². The average molecular weight is 413 g/mol. The van der Waals surface area contributed by atoms with Gasteiger partial charge in [-0.2, -0.15) is 10.1 Å². The van der Waals surface area contributed by atoms with Gasteiger partial charge in [0.1, 0.15) is 12.4 Å². The van der Waals surface area contributed by atoms with Crippen LogP contribution in [0.25, 0.3) is 5.69 Å². The summed E-state index contributed by atoms with van der Waals surface area (Å²) in [5.74, 6) is 2.73. The summed E-state index contributed by atoms with van der Waals surface area (Å²) in [5, 5.41) is 5.41. The van der Waals surface area contributed by atoms with Gasteiger partial charge in [-0.3, -0.25) is 9.59 Å². The van der Waals surface area contributed by atoms with Gasteiger partial charge in [-0.1, -0.05) is 18.1 Å². The van der Waals surface area contributed by atoms with Crippen LogP contribution in [0, 0.1) is 49.9 Å². The highest BCUT2D eigenvalue weighted by atomic mass is 16.5. The van der Waals surface area contributed by atoms with Crippen molar-refractivity contribution in [3.63, 3.8) is 0 Å². The fraction of sp³-hybridized carbons (Fsp3) is 0.320. The van der Waals surface area contributed by atoms with Crippen molar-refractivity contribution in [1.82, 2.24) is 9.58 Å². The summed E-state index contributed by atoms with van der Waals surface area (Å²) in [6, 6.07) is 9.68. The quantitative estimate of drug-likeness (QED) is 0.327. The summed E-state index contributed by atoms with van der Waals surface area (Å²) in [5.41, 5.74) is 3.84. The summed E-state index contributed by atoms with van der Waals surface area (Å²) in [6.07, 6.45) is 11.9. The fourth-order valence-corrected chi connectivity index (χ4v) is 5.25. The second-order valence-electron chi connectivity index (χ2n) is 8.38. The summed E-state index contributed by atoms with van der Waals surface area (Å²) >= 11 is 0. The molecule has 156 valence electrons. The van der Waals surface area contributed by atoms with E-state index < -0.39 is 0 Å². The van der Waals surface area contributed by atoms with Crippen LogP contribution in [-0.4, -0.2) is 34.2 Å². The zero-order valence-corrected chi connectivity index (χ0v) is 17.5. The van der Waals surface area contributed by atoms with E-state index in [4.69, 9.17) is 11.2 Å². The highest BCUT2D eigenvalue weighted by Crippen LogP contribution is 2.52. The molecule has 3 aliphatic rings. The van der Waals surface area contributed by atoms with E-state index in [1.165, 1.54) is 0 Å². The number of hydrogen-bond donors (Lipinski definition) is 0. The molecule has 1 aromatic carbocycles. The number of imide groups is 1. The molecule has 1 aliphatic heterocycles. The lowest BCUT2D eigenvalue weighted by Crippen LogP contribution is -2.28. The van der Waals surface area contributed by atoms with Gasteiger partial charge in [-0.25, -0.2) is 0 Å². The van der Waals surface area contributed by atoms with Crippen LogP contribution in [0.2, 0.25) is 0 Å². The van der Waals surface area contributed by atoms with E-state index in [9.17, 15) is 9.59 Å². The number of hydrogen-bond acceptors (Lipinski definition) is 4. The standard InChI is InChI=1S/C25H23N3O3/c1-4-11-31-21-9-7-20(8-10-21)27-15(2)12-19(16(27)3)14-26-28-24(29)22-17-5-6-18(13-17)23(22)25(28)30/h1,5-10,12,14,17-18,22-23H,11,13H2,2-3H3. The number of fused-ring (bicyclic) bond motifs is 5. The molecule has 6 heteroatoms. The second kappa shape index (κ2) is 7.28. The number of aromatic nitrogens is 1. The van der Waals surface area contributed by atoms with Crippen molar-refractivity contribution in [3.05, 3.63) is 59.4 Å². The van der Waals surface area contributed by atoms with Gasteiger partial charge >= 0.3 is 0 Å². The molecule has 1 saturated heterocycles.